The van der Waals surface area contributed by atoms with E-state index in [1.165, 1.54) is 23.1 Å². The number of hydrogen-bond donors (Lipinski definition) is 0. The first-order valence-corrected chi connectivity index (χ1v) is 11.8. The second-order valence-corrected chi connectivity index (χ2v) is 10.2. The van der Waals surface area contributed by atoms with E-state index in [2.05, 4.69) is 4.98 Å². The number of carbonyl (C=O) groups is 1. The van der Waals surface area contributed by atoms with E-state index in [0.717, 1.165) is 15.6 Å². The largest absolute Gasteiger partial charge is 0.338 e. The molecule has 1 fully saturated rings. The molecule has 8 heteroatoms. The number of thiazole rings is 1. The zero-order chi connectivity index (χ0) is 17.9. The van der Waals surface area contributed by atoms with Gasteiger partial charge in [0.15, 0.2) is 14.2 Å². The van der Waals surface area contributed by atoms with Gasteiger partial charge in [-0.25, -0.2) is 13.4 Å². The first-order chi connectivity index (χ1) is 12.0. The molecule has 1 amide bonds. The normalized spacial score (nSPS) is 19.0. The Morgan fingerprint density at radius 2 is 2.12 bits per heavy atom. The number of aromatic nitrogens is 1. The van der Waals surface area contributed by atoms with Crippen LogP contribution >= 0.6 is 23.1 Å². The predicted molar refractivity (Wildman–Crippen MR) is 103 cm³/mol. The minimum Gasteiger partial charge on any atom is -0.338 e. The van der Waals surface area contributed by atoms with Gasteiger partial charge in [-0.1, -0.05) is 42.1 Å². The maximum atomic E-state index is 12.5. The third-order valence-electron chi connectivity index (χ3n) is 4.18. The van der Waals surface area contributed by atoms with E-state index in [-0.39, 0.29) is 29.2 Å². The lowest BCUT2D eigenvalue weighted by molar-refractivity contribution is -0.129. The van der Waals surface area contributed by atoms with Gasteiger partial charge in [0.1, 0.15) is 0 Å². The zero-order valence-corrected chi connectivity index (χ0v) is 16.4. The van der Waals surface area contributed by atoms with Crippen LogP contribution in [-0.2, 0) is 14.6 Å². The van der Waals surface area contributed by atoms with Crippen molar-refractivity contribution >= 4 is 38.8 Å². The summed E-state index contributed by atoms with van der Waals surface area (Å²) in [6.45, 7) is 2.43. The number of amides is 1. The van der Waals surface area contributed by atoms with E-state index in [9.17, 15) is 13.2 Å². The maximum Gasteiger partial charge on any atom is 0.233 e. The Hall–Kier alpha value is -1.38. The molecule has 1 aromatic carbocycles. The van der Waals surface area contributed by atoms with Gasteiger partial charge in [-0.2, -0.15) is 0 Å². The van der Waals surface area contributed by atoms with Crippen molar-refractivity contribution in [2.45, 2.75) is 23.7 Å². The van der Waals surface area contributed by atoms with E-state index in [1.54, 1.807) is 4.90 Å². The molecule has 3 rings (SSSR count). The number of carbonyl (C=O) groups excluding carboxylic acids is 1. The SMILES string of the molecule is CCN(C(=O)CSc1nc(-c2ccccc2)cs1)[C@@H]1CCS(=O)(=O)C1. The minimum atomic E-state index is -2.99. The Bertz CT molecular complexity index is 834. The van der Waals surface area contributed by atoms with Crippen LogP contribution in [0.25, 0.3) is 11.3 Å². The first-order valence-electron chi connectivity index (χ1n) is 8.12. The van der Waals surface area contributed by atoms with Crippen molar-refractivity contribution < 1.29 is 13.2 Å². The van der Waals surface area contributed by atoms with Crippen molar-refractivity contribution in [1.29, 1.82) is 0 Å². The van der Waals surface area contributed by atoms with E-state index < -0.39 is 9.84 Å². The van der Waals surface area contributed by atoms with Crippen LogP contribution in [0.3, 0.4) is 0 Å². The lowest BCUT2D eigenvalue weighted by atomic mass is 10.2. The summed E-state index contributed by atoms with van der Waals surface area (Å²) >= 11 is 2.94. The van der Waals surface area contributed by atoms with Gasteiger partial charge in [0.25, 0.3) is 0 Å². The fraction of sp³-hybridized carbons (Fsp3) is 0.412. The fourth-order valence-electron chi connectivity index (χ4n) is 2.93. The highest BCUT2D eigenvalue weighted by molar-refractivity contribution is 8.01. The molecule has 1 aliphatic heterocycles. The van der Waals surface area contributed by atoms with Gasteiger partial charge in [0.05, 0.1) is 23.0 Å². The molecule has 1 saturated heterocycles. The number of hydrogen-bond acceptors (Lipinski definition) is 6. The molecule has 0 bridgehead atoms. The molecule has 0 spiro atoms. The molecule has 2 aromatic rings. The average Bonchev–Trinajstić information content (AvgIpc) is 3.21. The van der Waals surface area contributed by atoms with E-state index in [0.29, 0.717) is 13.0 Å². The number of benzene rings is 1. The Kier molecular flexibility index (Phi) is 5.81. The van der Waals surface area contributed by atoms with Crippen LogP contribution < -0.4 is 0 Å². The molecule has 5 nitrogen and oxygen atoms in total. The number of sulfone groups is 1. The topological polar surface area (TPSA) is 67.3 Å². The summed E-state index contributed by atoms with van der Waals surface area (Å²) < 4.78 is 24.1. The summed E-state index contributed by atoms with van der Waals surface area (Å²) in [5, 5.41) is 1.99. The van der Waals surface area contributed by atoms with Gasteiger partial charge >= 0.3 is 0 Å². The van der Waals surface area contributed by atoms with Crippen LogP contribution in [0.4, 0.5) is 0 Å². The molecule has 2 heterocycles. The van der Waals surface area contributed by atoms with Crippen molar-refractivity contribution in [2.24, 2.45) is 0 Å². The lowest BCUT2D eigenvalue weighted by Crippen LogP contribution is -2.41. The summed E-state index contributed by atoms with van der Waals surface area (Å²) in [5.41, 5.74) is 1.97. The molecule has 0 unspecified atom stereocenters. The third-order valence-corrected chi connectivity index (χ3v) is 7.94. The standard InChI is InChI=1S/C17H20N2O3S3/c1-2-19(14-8-9-25(21,22)12-14)16(20)11-24-17-18-15(10-23-17)13-6-4-3-5-7-13/h3-7,10,14H,2,8-9,11-12H2,1H3/t14-/m1/s1. The fourth-order valence-corrected chi connectivity index (χ4v) is 6.38. The van der Waals surface area contributed by atoms with Crippen LogP contribution in [0.2, 0.25) is 0 Å². The Labute approximate surface area is 156 Å². The molecule has 1 atom stereocenters. The van der Waals surface area contributed by atoms with Crippen molar-refractivity contribution in [3.8, 4) is 11.3 Å². The number of rotatable bonds is 6. The predicted octanol–water partition coefficient (Wildman–Crippen LogP) is 2.94. The Morgan fingerprint density at radius 3 is 2.76 bits per heavy atom. The smallest absolute Gasteiger partial charge is 0.233 e. The summed E-state index contributed by atoms with van der Waals surface area (Å²) in [7, 11) is -2.99. The van der Waals surface area contributed by atoms with E-state index in [1.807, 2.05) is 42.6 Å². The van der Waals surface area contributed by atoms with Crippen LogP contribution in [0.15, 0.2) is 40.1 Å². The van der Waals surface area contributed by atoms with E-state index in [4.69, 9.17) is 0 Å². The highest BCUT2D eigenvalue weighted by Gasteiger charge is 2.33. The summed E-state index contributed by atoms with van der Waals surface area (Å²) in [4.78, 5) is 18.8. The summed E-state index contributed by atoms with van der Waals surface area (Å²) in [6, 6.07) is 9.74. The van der Waals surface area contributed by atoms with Gasteiger partial charge in [0, 0.05) is 23.5 Å². The van der Waals surface area contributed by atoms with E-state index >= 15 is 0 Å². The van der Waals surface area contributed by atoms with Gasteiger partial charge in [-0.3, -0.25) is 4.79 Å². The van der Waals surface area contributed by atoms with Gasteiger partial charge in [-0.15, -0.1) is 11.3 Å². The monoisotopic (exact) mass is 396 g/mol. The van der Waals surface area contributed by atoms with Crippen molar-refractivity contribution in [3.63, 3.8) is 0 Å². The van der Waals surface area contributed by atoms with Crippen molar-refractivity contribution in [2.75, 3.05) is 23.8 Å². The van der Waals surface area contributed by atoms with Gasteiger partial charge in [0.2, 0.25) is 5.91 Å². The third kappa shape index (κ3) is 4.62. The van der Waals surface area contributed by atoms with Gasteiger partial charge in [-0.05, 0) is 13.3 Å². The van der Waals surface area contributed by atoms with Crippen LogP contribution in [0.5, 0.6) is 0 Å². The Balaban J connectivity index is 1.59. The molecule has 0 saturated carbocycles. The molecular weight excluding hydrogens is 376 g/mol. The van der Waals surface area contributed by atoms with Crippen LogP contribution in [0.1, 0.15) is 13.3 Å². The van der Waals surface area contributed by atoms with Crippen molar-refractivity contribution in [3.05, 3.63) is 35.7 Å². The minimum absolute atomic E-state index is 0.0222. The molecule has 0 N–H and O–H groups in total. The van der Waals surface area contributed by atoms with Gasteiger partial charge < -0.3 is 4.90 Å². The lowest BCUT2D eigenvalue weighted by Gasteiger charge is -2.26. The summed E-state index contributed by atoms with van der Waals surface area (Å²) in [6.07, 6.45) is 0.544. The average molecular weight is 397 g/mol. The molecule has 1 aromatic heterocycles. The quantitative estimate of drug-likeness (QED) is 0.702. The molecule has 25 heavy (non-hydrogen) atoms. The zero-order valence-electron chi connectivity index (χ0n) is 13.9. The molecule has 1 aliphatic rings. The molecule has 134 valence electrons. The first kappa shape index (κ1) is 18.4. The number of nitrogens with zero attached hydrogens (tertiary/aromatic N) is 2. The Morgan fingerprint density at radius 1 is 1.36 bits per heavy atom. The molecular formula is C17H20N2O3S3. The summed E-state index contributed by atoms with van der Waals surface area (Å²) in [5.74, 6) is 0.534. The molecule has 0 radical (unpaired) electrons. The molecule has 0 aliphatic carbocycles. The van der Waals surface area contributed by atoms with Crippen LogP contribution in [0, 0.1) is 0 Å². The van der Waals surface area contributed by atoms with Crippen LogP contribution in [-0.4, -0.2) is 54.1 Å². The second kappa shape index (κ2) is 7.88. The highest BCUT2D eigenvalue weighted by atomic mass is 32.2. The number of thioether (sulfide) groups is 1. The second-order valence-electron chi connectivity index (χ2n) is 5.89. The maximum absolute atomic E-state index is 12.5. The highest BCUT2D eigenvalue weighted by Crippen LogP contribution is 2.28. The van der Waals surface area contributed by atoms with Crippen molar-refractivity contribution in [1.82, 2.24) is 9.88 Å².